The minimum absolute atomic E-state index is 0.580. The molecule has 0 aromatic rings. The van der Waals surface area contributed by atoms with E-state index in [1.807, 2.05) is 13.8 Å². The molecular weight excluding hydrogens is 184 g/mol. The zero-order chi connectivity index (χ0) is 10.5. The Morgan fingerprint density at radius 1 is 1.54 bits per heavy atom. The first-order chi connectivity index (χ1) is 5.92. The van der Waals surface area contributed by atoms with Gasteiger partial charge in [-0.05, 0) is 31.4 Å². The lowest BCUT2D eigenvalue weighted by Gasteiger charge is -2.24. The predicted octanol–water partition coefficient (Wildman–Crippen LogP) is 3.02. The molecule has 0 aliphatic rings. The predicted molar refractivity (Wildman–Crippen MR) is 58.2 cm³/mol. The summed E-state index contributed by atoms with van der Waals surface area (Å²) in [5.41, 5.74) is 0. The lowest BCUT2D eigenvalue weighted by Crippen LogP contribution is -2.32. The zero-order valence-corrected chi connectivity index (χ0v) is 9.78. The van der Waals surface area contributed by atoms with Gasteiger partial charge < -0.3 is 5.11 Å². The van der Waals surface area contributed by atoms with Gasteiger partial charge in [-0.15, -0.1) is 11.8 Å². The highest BCUT2D eigenvalue weighted by atomic mass is 32.2. The molecule has 0 saturated carbocycles. The molecule has 0 bridgehead atoms. The van der Waals surface area contributed by atoms with Crippen LogP contribution < -0.4 is 0 Å². The molecule has 78 valence electrons. The maximum absolute atomic E-state index is 11.0. The maximum Gasteiger partial charge on any atom is 0.319 e. The molecule has 0 aromatic heterocycles. The van der Waals surface area contributed by atoms with Crippen LogP contribution in [0.3, 0.4) is 0 Å². The molecule has 0 spiro atoms. The Kier molecular flexibility index (Phi) is 5.45. The summed E-state index contributed by atoms with van der Waals surface area (Å²) < 4.78 is -0.584. The quantitative estimate of drug-likeness (QED) is 0.722. The highest BCUT2D eigenvalue weighted by Crippen LogP contribution is 2.31. The van der Waals surface area contributed by atoms with Gasteiger partial charge in [0.2, 0.25) is 0 Å². The first-order valence-corrected chi connectivity index (χ1v) is 5.78. The third kappa shape index (κ3) is 4.55. The zero-order valence-electron chi connectivity index (χ0n) is 8.96. The van der Waals surface area contributed by atoms with Gasteiger partial charge >= 0.3 is 5.97 Å². The van der Waals surface area contributed by atoms with Crippen molar-refractivity contribution in [2.75, 3.05) is 5.75 Å². The second-order valence-corrected chi connectivity index (χ2v) is 5.67. The number of hydrogen-bond donors (Lipinski definition) is 1. The van der Waals surface area contributed by atoms with Crippen LogP contribution in [0.15, 0.2) is 0 Å². The first-order valence-electron chi connectivity index (χ1n) is 4.79. The van der Waals surface area contributed by atoms with E-state index in [1.165, 1.54) is 11.8 Å². The molecule has 0 aliphatic carbocycles. The Balaban J connectivity index is 4.16. The molecule has 0 aliphatic heterocycles. The van der Waals surface area contributed by atoms with E-state index in [2.05, 4.69) is 13.8 Å². The second-order valence-electron chi connectivity index (χ2n) is 3.90. The number of hydrogen-bond acceptors (Lipinski definition) is 2. The number of thioether (sulfide) groups is 1. The first kappa shape index (κ1) is 12.8. The molecule has 0 radical (unpaired) electrons. The average molecular weight is 204 g/mol. The van der Waals surface area contributed by atoms with Crippen molar-refractivity contribution < 1.29 is 9.90 Å². The van der Waals surface area contributed by atoms with Crippen molar-refractivity contribution in [1.29, 1.82) is 0 Å². The number of carboxylic acids is 1. The topological polar surface area (TPSA) is 37.3 Å². The molecule has 0 amide bonds. The molecule has 0 aromatic carbocycles. The number of aliphatic carboxylic acids is 1. The van der Waals surface area contributed by atoms with E-state index in [9.17, 15) is 4.79 Å². The fourth-order valence-corrected chi connectivity index (χ4v) is 2.15. The molecule has 0 fully saturated rings. The Labute approximate surface area is 85.1 Å². The molecule has 2 nitrogen and oxygen atoms in total. The van der Waals surface area contributed by atoms with E-state index in [0.717, 1.165) is 18.6 Å². The van der Waals surface area contributed by atoms with Crippen LogP contribution in [0.1, 0.15) is 40.5 Å². The number of carboxylic acid groups (broad SMARTS) is 1. The van der Waals surface area contributed by atoms with Gasteiger partial charge in [0.05, 0.1) is 0 Å². The second kappa shape index (κ2) is 5.53. The van der Waals surface area contributed by atoms with Crippen molar-refractivity contribution in [2.24, 2.45) is 5.92 Å². The Morgan fingerprint density at radius 2 is 2.08 bits per heavy atom. The largest absolute Gasteiger partial charge is 0.480 e. The van der Waals surface area contributed by atoms with Gasteiger partial charge in [-0.25, -0.2) is 0 Å². The maximum atomic E-state index is 11.0. The van der Waals surface area contributed by atoms with Crippen LogP contribution in [0.2, 0.25) is 0 Å². The summed E-state index contributed by atoms with van der Waals surface area (Å²) in [5, 5.41) is 9.06. The van der Waals surface area contributed by atoms with Crippen molar-refractivity contribution in [2.45, 2.75) is 45.3 Å². The van der Waals surface area contributed by atoms with Gasteiger partial charge in [0.1, 0.15) is 4.75 Å². The van der Waals surface area contributed by atoms with Crippen LogP contribution >= 0.6 is 11.8 Å². The fraction of sp³-hybridized carbons (Fsp3) is 0.900. The summed E-state index contributed by atoms with van der Waals surface area (Å²) >= 11 is 1.53. The average Bonchev–Trinajstić information content (AvgIpc) is 2.01. The van der Waals surface area contributed by atoms with Crippen LogP contribution in [-0.4, -0.2) is 21.6 Å². The molecule has 1 N–H and O–H groups in total. The summed E-state index contributed by atoms with van der Waals surface area (Å²) in [6.07, 6.45) is 1.74. The van der Waals surface area contributed by atoms with Crippen molar-refractivity contribution in [3.05, 3.63) is 0 Å². The normalized spacial score (nSPS) is 15.8. The van der Waals surface area contributed by atoms with E-state index >= 15 is 0 Å². The van der Waals surface area contributed by atoms with E-state index in [-0.39, 0.29) is 0 Å². The minimum Gasteiger partial charge on any atom is -0.480 e. The standard InChI is InChI=1S/C10H20O2S/c1-5-13-10(4,9(11)12)7-6-8(2)3/h8H,5-7H2,1-4H3,(H,11,12). The molecule has 1 unspecified atom stereocenters. The van der Waals surface area contributed by atoms with Crippen molar-refractivity contribution in [3.8, 4) is 0 Å². The van der Waals surface area contributed by atoms with Gasteiger partial charge in [0, 0.05) is 0 Å². The summed E-state index contributed by atoms with van der Waals surface area (Å²) in [4.78, 5) is 11.0. The Morgan fingerprint density at radius 3 is 2.38 bits per heavy atom. The summed E-state index contributed by atoms with van der Waals surface area (Å²) in [6, 6.07) is 0. The van der Waals surface area contributed by atoms with Crippen LogP contribution in [0.25, 0.3) is 0 Å². The van der Waals surface area contributed by atoms with Gasteiger partial charge in [0.25, 0.3) is 0 Å². The van der Waals surface area contributed by atoms with Crippen LogP contribution in [-0.2, 0) is 4.79 Å². The summed E-state index contributed by atoms with van der Waals surface area (Å²) in [5.74, 6) is 0.761. The Hall–Kier alpha value is -0.180. The van der Waals surface area contributed by atoms with Gasteiger partial charge in [-0.1, -0.05) is 20.8 Å². The van der Waals surface area contributed by atoms with Crippen molar-refractivity contribution in [3.63, 3.8) is 0 Å². The summed E-state index contributed by atoms with van der Waals surface area (Å²) in [6.45, 7) is 8.07. The van der Waals surface area contributed by atoms with Gasteiger partial charge in [-0.3, -0.25) is 4.79 Å². The Bertz CT molecular complexity index is 168. The van der Waals surface area contributed by atoms with Crippen LogP contribution in [0.4, 0.5) is 0 Å². The minimum atomic E-state index is -0.681. The van der Waals surface area contributed by atoms with Crippen molar-refractivity contribution >= 4 is 17.7 Å². The van der Waals surface area contributed by atoms with Crippen molar-refractivity contribution in [1.82, 2.24) is 0 Å². The molecule has 1 atom stereocenters. The monoisotopic (exact) mass is 204 g/mol. The van der Waals surface area contributed by atoms with E-state index in [1.54, 1.807) is 0 Å². The van der Waals surface area contributed by atoms with Crippen LogP contribution in [0.5, 0.6) is 0 Å². The third-order valence-corrected chi connectivity index (χ3v) is 3.42. The lowest BCUT2D eigenvalue weighted by atomic mass is 9.99. The molecule has 0 rings (SSSR count). The highest BCUT2D eigenvalue weighted by molar-refractivity contribution is 8.01. The lowest BCUT2D eigenvalue weighted by molar-refractivity contribution is -0.139. The number of rotatable bonds is 6. The number of carbonyl (C=O) groups is 1. The van der Waals surface area contributed by atoms with Gasteiger partial charge in [-0.2, -0.15) is 0 Å². The SMILES string of the molecule is CCSC(C)(CCC(C)C)C(=O)O. The fourth-order valence-electron chi connectivity index (χ4n) is 1.12. The third-order valence-electron chi connectivity index (χ3n) is 2.11. The molecule has 3 heteroatoms. The molecule has 0 saturated heterocycles. The molecule has 0 heterocycles. The van der Waals surface area contributed by atoms with E-state index in [0.29, 0.717) is 5.92 Å². The van der Waals surface area contributed by atoms with Crippen LogP contribution in [0, 0.1) is 5.92 Å². The molecule has 13 heavy (non-hydrogen) atoms. The smallest absolute Gasteiger partial charge is 0.319 e. The van der Waals surface area contributed by atoms with E-state index in [4.69, 9.17) is 5.11 Å². The molecular formula is C10H20O2S. The summed E-state index contributed by atoms with van der Waals surface area (Å²) in [7, 11) is 0. The van der Waals surface area contributed by atoms with Gasteiger partial charge in [0.15, 0.2) is 0 Å². The highest BCUT2D eigenvalue weighted by Gasteiger charge is 2.32. The van der Waals surface area contributed by atoms with E-state index < -0.39 is 10.7 Å².